The van der Waals surface area contributed by atoms with E-state index in [-0.39, 0.29) is 5.41 Å². The number of hydrogen-bond acceptors (Lipinski definition) is 2. The summed E-state index contributed by atoms with van der Waals surface area (Å²) in [6.07, 6.45) is 0. The van der Waals surface area contributed by atoms with Crippen LogP contribution in [-0.4, -0.2) is 4.57 Å². The minimum atomic E-state index is -0.271. The molecule has 0 aliphatic carbocycles. The summed E-state index contributed by atoms with van der Waals surface area (Å²) in [5.41, 5.74) is 22.1. The zero-order valence-corrected chi connectivity index (χ0v) is 44.7. The molecule has 0 N–H and O–H groups in total. The molecule has 0 fully saturated rings. The van der Waals surface area contributed by atoms with Crippen molar-refractivity contribution in [2.24, 2.45) is 0 Å². The molecule has 0 atom stereocenters. The Morgan fingerprint density at radius 1 is 0.266 bits per heavy atom. The number of benzene rings is 12. The molecule has 378 valence electrons. The number of aromatic nitrogens is 1. The molecule has 0 aliphatic rings. The van der Waals surface area contributed by atoms with E-state index in [1.165, 1.54) is 32.9 Å². The summed E-state index contributed by atoms with van der Waals surface area (Å²) in [6.45, 7) is 7.01. The standard InChI is InChI=1S/C76H59N3/c1-76(2,3)60-50-64(77(61-48-46-55(47-49-61)54-26-9-4-10-27-54)74-66(56-28-11-5-12-29-56)40-24-41-67(74)57-30-13-6-14-31-57)53-65(51-60)78(75-68(58-32-15-7-16-33-58)42-25-43-69(75)59-34-17-8-18-35-59)62-36-23-37-63(52-62)79-72-44-21-19-38-70(72)71-39-20-22-45-73(71)79/h4-53H,1-3H3. The first-order chi connectivity index (χ1) is 38.9. The van der Waals surface area contributed by atoms with Crippen LogP contribution < -0.4 is 9.80 Å². The second-order valence-electron chi connectivity index (χ2n) is 21.3. The molecule has 3 nitrogen and oxygen atoms in total. The maximum atomic E-state index is 2.54. The summed E-state index contributed by atoms with van der Waals surface area (Å²) in [5, 5.41) is 2.46. The molecule has 13 rings (SSSR count). The van der Waals surface area contributed by atoms with Crippen molar-refractivity contribution in [1.29, 1.82) is 0 Å². The highest BCUT2D eigenvalue weighted by Gasteiger charge is 2.29. The van der Waals surface area contributed by atoms with E-state index in [2.05, 4.69) is 338 Å². The second-order valence-corrected chi connectivity index (χ2v) is 21.3. The fourth-order valence-corrected chi connectivity index (χ4v) is 11.5. The van der Waals surface area contributed by atoms with Crippen LogP contribution in [0, 0.1) is 0 Å². The van der Waals surface area contributed by atoms with E-state index in [1.54, 1.807) is 0 Å². The minimum absolute atomic E-state index is 0.271. The lowest BCUT2D eigenvalue weighted by molar-refractivity contribution is 0.590. The molecule has 79 heavy (non-hydrogen) atoms. The number of hydrogen-bond donors (Lipinski definition) is 0. The topological polar surface area (TPSA) is 11.4 Å². The summed E-state index contributed by atoms with van der Waals surface area (Å²) in [5.74, 6) is 0. The van der Waals surface area contributed by atoms with Gasteiger partial charge in [-0.3, -0.25) is 0 Å². The van der Waals surface area contributed by atoms with E-state index in [0.717, 1.165) is 89.9 Å². The normalized spacial score (nSPS) is 11.5. The number of anilines is 6. The van der Waals surface area contributed by atoms with Crippen LogP contribution in [0.15, 0.2) is 303 Å². The van der Waals surface area contributed by atoms with Crippen molar-refractivity contribution in [2.75, 3.05) is 9.80 Å². The second kappa shape index (κ2) is 20.9. The van der Waals surface area contributed by atoms with Gasteiger partial charge in [0.15, 0.2) is 0 Å². The molecule has 0 saturated carbocycles. The first-order valence-electron chi connectivity index (χ1n) is 27.3. The van der Waals surface area contributed by atoms with Crippen molar-refractivity contribution in [3.05, 3.63) is 309 Å². The largest absolute Gasteiger partial charge is 0.309 e. The van der Waals surface area contributed by atoms with Crippen LogP contribution in [-0.2, 0) is 5.41 Å². The predicted molar refractivity (Wildman–Crippen MR) is 336 cm³/mol. The van der Waals surface area contributed by atoms with Gasteiger partial charge in [-0.15, -0.1) is 0 Å². The van der Waals surface area contributed by atoms with Crippen molar-refractivity contribution < 1.29 is 0 Å². The van der Waals surface area contributed by atoms with Crippen LogP contribution in [0.25, 0.3) is 83.1 Å². The van der Waals surface area contributed by atoms with Crippen LogP contribution in [0.3, 0.4) is 0 Å². The summed E-state index contributed by atoms with van der Waals surface area (Å²) in [4.78, 5) is 5.06. The minimum Gasteiger partial charge on any atom is -0.309 e. The van der Waals surface area contributed by atoms with E-state index in [0.29, 0.717) is 0 Å². The van der Waals surface area contributed by atoms with Gasteiger partial charge < -0.3 is 14.4 Å². The maximum Gasteiger partial charge on any atom is 0.0618 e. The molecule has 0 aliphatic heterocycles. The molecular formula is C76H59N3. The van der Waals surface area contributed by atoms with Gasteiger partial charge in [0.2, 0.25) is 0 Å². The first-order valence-corrected chi connectivity index (χ1v) is 27.3. The predicted octanol–water partition coefficient (Wildman–Crippen LogP) is 21.4. The average Bonchev–Trinajstić information content (AvgIpc) is 4.02. The molecule has 0 unspecified atom stereocenters. The average molecular weight is 1010 g/mol. The molecule has 0 bridgehead atoms. The summed E-state index contributed by atoms with van der Waals surface area (Å²) < 4.78 is 2.43. The molecule has 0 spiro atoms. The third kappa shape index (κ3) is 9.36. The van der Waals surface area contributed by atoms with Crippen LogP contribution in [0.1, 0.15) is 26.3 Å². The molecular weight excluding hydrogens is 955 g/mol. The van der Waals surface area contributed by atoms with E-state index < -0.39 is 0 Å². The summed E-state index contributed by atoms with van der Waals surface area (Å²) in [6, 6.07) is 111. The Kier molecular flexibility index (Phi) is 12.9. The van der Waals surface area contributed by atoms with Crippen LogP contribution in [0.2, 0.25) is 0 Å². The zero-order valence-electron chi connectivity index (χ0n) is 44.7. The smallest absolute Gasteiger partial charge is 0.0618 e. The Morgan fingerprint density at radius 2 is 0.620 bits per heavy atom. The fourth-order valence-electron chi connectivity index (χ4n) is 11.5. The van der Waals surface area contributed by atoms with Gasteiger partial charge in [0.25, 0.3) is 0 Å². The number of rotatable bonds is 12. The van der Waals surface area contributed by atoms with Crippen LogP contribution >= 0.6 is 0 Å². The SMILES string of the molecule is CC(C)(C)c1cc(N(c2ccc(-c3ccccc3)cc2)c2c(-c3ccccc3)cccc2-c2ccccc2)cc(N(c2cccc(-n3c4ccccc4c4ccccc43)c2)c2c(-c3ccccc3)cccc2-c2ccccc2)c1. The third-order valence-corrected chi connectivity index (χ3v) is 15.3. The monoisotopic (exact) mass is 1010 g/mol. The Labute approximate surface area is 464 Å². The first kappa shape index (κ1) is 48.7. The van der Waals surface area contributed by atoms with E-state index in [9.17, 15) is 0 Å². The van der Waals surface area contributed by atoms with Crippen molar-refractivity contribution in [2.45, 2.75) is 26.2 Å². The van der Waals surface area contributed by atoms with E-state index in [4.69, 9.17) is 0 Å². The molecule has 12 aromatic carbocycles. The number of para-hydroxylation sites is 4. The lowest BCUT2D eigenvalue weighted by Gasteiger charge is -2.35. The Hall–Kier alpha value is -9.96. The third-order valence-electron chi connectivity index (χ3n) is 15.3. The highest BCUT2D eigenvalue weighted by atomic mass is 15.2. The van der Waals surface area contributed by atoms with Crippen molar-refractivity contribution in [3.8, 4) is 61.3 Å². The maximum absolute atomic E-state index is 2.54. The van der Waals surface area contributed by atoms with Crippen LogP contribution in [0.5, 0.6) is 0 Å². The van der Waals surface area contributed by atoms with Crippen molar-refractivity contribution in [1.82, 2.24) is 4.57 Å². The summed E-state index contributed by atoms with van der Waals surface area (Å²) in [7, 11) is 0. The van der Waals surface area contributed by atoms with Gasteiger partial charge in [-0.05, 0) is 105 Å². The van der Waals surface area contributed by atoms with Gasteiger partial charge in [0, 0.05) is 61.5 Å². The van der Waals surface area contributed by atoms with Gasteiger partial charge in [-0.1, -0.05) is 263 Å². The molecule has 13 aromatic rings. The Morgan fingerprint density at radius 3 is 1.04 bits per heavy atom. The molecule has 1 heterocycles. The lowest BCUT2D eigenvalue weighted by Crippen LogP contribution is -2.19. The number of nitrogens with zero attached hydrogens (tertiary/aromatic N) is 3. The Balaban J connectivity index is 1.14. The molecule has 0 saturated heterocycles. The van der Waals surface area contributed by atoms with Gasteiger partial charge in [0.05, 0.1) is 22.4 Å². The zero-order chi connectivity index (χ0) is 53.3. The summed E-state index contributed by atoms with van der Waals surface area (Å²) >= 11 is 0. The highest BCUT2D eigenvalue weighted by molar-refractivity contribution is 6.09. The van der Waals surface area contributed by atoms with Gasteiger partial charge >= 0.3 is 0 Å². The Bertz CT molecular complexity index is 4090. The van der Waals surface area contributed by atoms with Gasteiger partial charge in [0.1, 0.15) is 0 Å². The van der Waals surface area contributed by atoms with Crippen LogP contribution in [0.4, 0.5) is 34.1 Å². The highest BCUT2D eigenvalue weighted by Crippen LogP contribution is 2.52. The fraction of sp³-hybridized carbons (Fsp3) is 0.0526. The van der Waals surface area contributed by atoms with Crippen molar-refractivity contribution in [3.63, 3.8) is 0 Å². The number of fused-ring (bicyclic) bond motifs is 3. The van der Waals surface area contributed by atoms with E-state index >= 15 is 0 Å². The quantitative estimate of drug-likeness (QED) is 0.121. The van der Waals surface area contributed by atoms with Gasteiger partial charge in [-0.2, -0.15) is 0 Å². The molecule has 0 radical (unpaired) electrons. The van der Waals surface area contributed by atoms with Crippen molar-refractivity contribution >= 4 is 55.9 Å². The molecule has 1 aromatic heterocycles. The molecule has 3 heteroatoms. The van der Waals surface area contributed by atoms with E-state index in [1.807, 2.05) is 0 Å². The lowest BCUT2D eigenvalue weighted by atomic mass is 9.85. The van der Waals surface area contributed by atoms with Gasteiger partial charge in [-0.25, -0.2) is 0 Å². The molecule has 0 amide bonds.